The van der Waals surface area contributed by atoms with Crippen molar-refractivity contribution in [1.82, 2.24) is 0 Å². The van der Waals surface area contributed by atoms with Gasteiger partial charge in [0.1, 0.15) is 11.5 Å². The number of rotatable bonds is 8. The molecular weight excluding hydrogens is 500 g/mol. The molecule has 172 valence electrons. The highest BCUT2D eigenvalue weighted by molar-refractivity contribution is 9.10. The van der Waals surface area contributed by atoms with Crippen molar-refractivity contribution in [3.63, 3.8) is 0 Å². The topological polar surface area (TPSA) is 102 Å². The summed E-state index contributed by atoms with van der Waals surface area (Å²) in [7, 11) is -0.783. The number of ether oxygens (including phenoxy) is 2. The molecule has 2 aromatic rings. The Kier molecular flexibility index (Phi) is 7.45. The zero-order valence-electron chi connectivity index (χ0n) is 18.1. The van der Waals surface area contributed by atoms with Gasteiger partial charge in [-0.05, 0) is 40.0 Å². The summed E-state index contributed by atoms with van der Waals surface area (Å²) in [5, 5.41) is 2.67. The Labute approximate surface area is 195 Å². The Balaban J connectivity index is 1.75. The number of carbonyl (C=O) groups excluding carboxylic acids is 2. The Morgan fingerprint density at radius 1 is 1.09 bits per heavy atom. The molecule has 1 aliphatic heterocycles. The number of nitrogens with one attached hydrogen (secondary N) is 1. The number of sulfone groups is 1. The molecule has 0 radical (unpaired) electrons. The van der Waals surface area contributed by atoms with Crippen LogP contribution in [0.4, 0.5) is 11.4 Å². The van der Waals surface area contributed by atoms with Crippen molar-refractivity contribution in [1.29, 1.82) is 0 Å². The van der Waals surface area contributed by atoms with Gasteiger partial charge in [-0.2, -0.15) is 0 Å². The first-order valence-electron chi connectivity index (χ1n) is 10.1. The minimum atomic E-state index is -3.78. The average molecular weight is 525 g/mol. The van der Waals surface area contributed by atoms with Gasteiger partial charge in [0.15, 0.2) is 9.84 Å². The molecule has 1 heterocycles. The number of methoxy groups -OCH3 is 2. The summed E-state index contributed by atoms with van der Waals surface area (Å²) in [5.41, 5.74) is 1.98. The third-order valence-electron chi connectivity index (χ3n) is 5.20. The van der Waals surface area contributed by atoms with Gasteiger partial charge in [-0.25, -0.2) is 8.42 Å². The number of benzene rings is 2. The van der Waals surface area contributed by atoms with Crippen LogP contribution in [0.5, 0.6) is 11.5 Å². The second kappa shape index (κ2) is 9.91. The molecule has 0 fully saturated rings. The number of hydrogen-bond donors (Lipinski definition) is 1. The number of fused-ring (bicyclic) bond motifs is 1. The molecule has 3 rings (SSSR count). The Hall–Kier alpha value is -2.59. The van der Waals surface area contributed by atoms with E-state index in [1.807, 2.05) is 0 Å². The Bertz CT molecular complexity index is 1130. The van der Waals surface area contributed by atoms with Crippen LogP contribution in [0.1, 0.15) is 25.3 Å². The summed E-state index contributed by atoms with van der Waals surface area (Å²) in [4.78, 5) is 26.3. The van der Waals surface area contributed by atoms with Crippen LogP contribution in [0.15, 0.2) is 39.7 Å². The van der Waals surface area contributed by atoms with Crippen LogP contribution in [-0.2, 0) is 25.8 Å². The first kappa shape index (κ1) is 24.1. The third kappa shape index (κ3) is 5.24. The molecular formula is C22H25BrN2O6S. The molecule has 32 heavy (non-hydrogen) atoms. The van der Waals surface area contributed by atoms with Gasteiger partial charge in [0.05, 0.1) is 24.9 Å². The van der Waals surface area contributed by atoms with E-state index < -0.39 is 15.7 Å². The van der Waals surface area contributed by atoms with Crippen molar-refractivity contribution in [3.05, 3.63) is 40.4 Å². The Morgan fingerprint density at radius 3 is 2.34 bits per heavy atom. The third-order valence-corrected chi connectivity index (χ3v) is 7.87. The SMILES string of the molecule is CCC(=O)N1CCc2cc(Br)c(S(=O)(=O)CCC(=O)Nc3cc(OC)cc(OC)c3)cc21. The zero-order valence-corrected chi connectivity index (χ0v) is 20.5. The van der Waals surface area contributed by atoms with Crippen LogP contribution in [0.25, 0.3) is 0 Å². The normalized spacial score (nSPS) is 12.9. The van der Waals surface area contributed by atoms with E-state index in [4.69, 9.17) is 9.47 Å². The van der Waals surface area contributed by atoms with E-state index in [9.17, 15) is 18.0 Å². The van der Waals surface area contributed by atoms with Crippen LogP contribution in [0.2, 0.25) is 0 Å². The lowest BCUT2D eigenvalue weighted by Gasteiger charge is -2.18. The molecule has 0 spiro atoms. The summed E-state index contributed by atoms with van der Waals surface area (Å²) in [5.74, 6) is 0.117. The van der Waals surface area contributed by atoms with Crippen LogP contribution in [0.3, 0.4) is 0 Å². The minimum absolute atomic E-state index is 0.0532. The highest BCUT2D eigenvalue weighted by Crippen LogP contribution is 2.36. The molecule has 0 aliphatic carbocycles. The van der Waals surface area contributed by atoms with E-state index >= 15 is 0 Å². The van der Waals surface area contributed by atoms with Gasteiger partial charge in [-0.1, -0.05) is 6.92 Å². The second-order valence-electron chi connectivity index (χ2n) is 7.28. The lowest BCUT2D eigenvalue weighted by atomic mass is 10.2. The maximum absolute atomic E-state index is 13.0. The summed E-state index contributed by atoms with van der Waals surface area (Å²) < 4.78 is 36.8. The predicted molar refractivity (Wildman–Crippen MR) is 125 cm³/mol. The van der Waals surface area contributed by atoms with Crippen molar-refractivity contribution >= 4 is 49.0 Å². The van der Waals surface area contributed by atoms with E-state index in [1.54, 1.807) is 36.1 Å². The van der Waals surface area contributed by atoms with Gasteiger partial charge >= 0.3 is 0 Å². The monoisotopic (exact) mass is 524 g/mol. The molecule has 2 aromatic carbocycles. The molecule has 2 amide bonds. The minimum Gasteiger partial charge on any atom is -0.497 e. The highest BCUT2D eigenvalue weighted by Gasteiger charge is 2.28. The van der Waals surface area contributed by atoms with Crippen molar-refractivity contribution in [2.75, 3.05) is 36.7 Å². The van der Waals surface area contributed by atoms with Crippen molar-refractivity contribution in [2.45, 2.75) is 31.1 Å². The molecule has 0 unspecified atom stereocenters. The van der Waals surface area contributed by atoms with Crippen molar-refractivity contribution in [3.8, 4) is 11.5 Å². The van der Waals surface area contributed by atoms with Gasteiger partial charge in [0.2, 0.25) is 11.8 Å². The van der Waals surface area contributed by atoms with Gasteiger partial charge in [0, 0.05) is 53.4 Å². The molecule has 1 aliphatic rings. The van der Waals surface area contributed by atoms with Crippen LogP contribution in [-0.4, -0.2) is 46.7 Å². The number of halogens is 1. The fourth-order valence-electron chi connectivity index (χ4n) is 3.52. The Morgan fingerprint density at radius 2 is 1.75 bits per heavy atom. The number of carbonyl (C=O) groups is 2. The predicted octanol–water partition coefficient (Wildman–Crippen LogP) is 3.57. The van der Waals surface area contributed by atoms with Crippen molar-refractivity contribution in [2.24, 2.45) is 0 Å². The molecule has 1 N–H and O–H groups in total. The second-order valence-corrected chi connectivity index (χ2v) is 10.2. The summed E-state index contributed by atoms with van der Waals surface area (Å²) >= 11 is 3.34. The molecule has 0 aromatic heterocycles. The molecule has 0 saturated heterocycles. The molecule has 10 heteroatoms. The maximum atomic E-state index is 13.0. The average Bonchev–Trinajstić information content (AvgIpc) is 3.19. The smallest absolute Gasteiger partial charge is 0.226 e. The fraction of sp³-hybridized carbons (Fsp3) is 0.364. The van der Waals surface area contributed by atoms with Gasteiger partial charge in [0.25, 0.3) is 0 Å². The number of nitrogens with zero attached hydrogens (tertiary/aromatic N) is 1. The van der Waals surface area contributed by atoms with Gasteiger partial charge < -0.3 is 19.7 Å². The summed E-state index contributed by atoms with van der Waals surface area (Å²) in [6.07, 6.45) is 0.780. The number of anilines is 2. The molecule has 0 atom stereocenters. The van der Waals surface area contributed by atoms with Crippen molar-refractivity contribution < 1.29 is 27.5 Å². The molecule has 0 saturated carbocycles. The standard InChI is InChI=1S/C22H25BrN2O6S/c1-4-22(27)25-7-5-14-9-18(23)20(13-19(14)25)32(28,29)8-6-21(26)24-15-10-16(30-2)12-17(11-15)31-3/h9-13H,4-8H2,1-3H3,(H,24,26). The van der Waals surface area contributed by atoms with E-state index in [0.717, 1.165) is 5.56 Å². The number of amides is 2. The first-order valence-corrected chi connectivity index (χ1v) is 12.5. The van der Waals surface area contributed by atoms with Gasteiger partial charge in [-0.15, -0.1) is 0 Å². The summed E-state index contributed by atoms with van der Waals surface area (Å²) in [6, 6.07) is 8.17. The van der Waals surface area contributed by atoms with Gasteiger partial charge in [-0.3, -0.25) is 9.59 Å². The largest absolute Gasteiger partial charge is 0.497 e. The van der Waals surface area contributed by atoms with E-state index in [2.05, 4.69) is 21.2 Å². The maximum Gasteiger partial charge on any atom is 0.226 e. The van der Waals surface area contributed by atoms with E-state index in [1.165, 1.54) is 20.3 Å². The molecule has 0 bridgehead atoms. The van der Waals surface area contributed by atoms with Crippen LogP contribution < -0.4 is 19.7 Å². The highest BCUT2D eigenvalue weighted by atomic mass is 79.9. The summed E-state index contributed by atoms with van der Waals surface area (Å²) in [6.45, 7) is 2.30. The van der Waals surface area contributed by atoms with Crippen LogP contribution >= 0.6 is 15.9 Å². The molecule has 8 nitrogen and oxygen atoms in total. The lowest BCUT2D eigenvalue weighted by Crippen LogP contribution is -2.28. The van der Waals surface area contributed by atoms with Crippen LogP contribution in [0, 0.1) is 0 Å². The lowest BCUT2D eigenvalue weighted by molar-refractivity contribution is -0.118. The quantitative estimate of drug-likeness (QED) is 0.566. The first-order chi connectivity index (χ1) is 15.2. The number of hydrogen-bond acceptors (Lipinski definition) is 6. The van der Waals surface area contributed by atoms with E-state index in [-0.39, 0.29) is 23.0 Å². The fourth-order valence-corrected chi connectivity index (χ4v) is 5.97. The van der Waals surface area contributed by atoms with E-state index in [0.29, 0.717) is 46.7 Å². The zero-order chi connectivity index (χ0) is 23.5.